The summed E-state index contributed by atoms with van der Waals surface area (Å²) in [6.45, 7) is 0.908. The molecule has 2 heterocycles. The molecule has 1 aliphatic carbocycles. The van der Waals surface area contributed by atoms with Crippen molar-refractivity contribution in [1.82, 2.24) is 15.2 Å². The molecule has 6 nitrogen and oxygen atoms in total. The van der Waals surface area contributed by atoms with Crippen LogP contribution in [0.1, 0.15) is 53.0 Å². The summed E-state index contributed by atoms with van der Waals surface area (Å²) in [6.07, 6.45) is 3.68. The Hall–Kier alpha value is -2.63. The number of nitrogens with one attached hydrogen (secondary N) is 1. The fraction of sp³-hybridized carbons (Fsp3) is 0.389. The number of carbonyl (C=O) groups is 2. The zero-order valence-corrected chi connectivity index (χ0v) is 13.3. The molecule has 1 atom stereocenters. The third-order valence-electron chi connectivity index (χ3n) is 4.62. The second-order valence-electron chi connectivity index (χ2n) is 6.32. The van der Waals surface area contributed by atoms with Gasteiger partial charge >= 0.3 is 0 Å². The Kier molecular flexibility index (Phi) is 3.80. The van der Waals surface area contributed by atoms with Gasteiger partial charge in [-0.15, -0.1) is 0 Å². The molecule has 0 spiro atoms. The van der Waals surface area contributed by atoms with Crippen molar-refractivity contribution in [2.75, 3.05) is 13.1 Å². The van der Waals surface area contributed by atoms with Crippen molar-refractivity contribution < 1.29 is 14.0 Å². The highest BCUT2D eigenvalue weighted by molar-refractivity contribution is 5.94. The molecule has 1 N–H and O–H groups in total. The molecule has 1 aliphatic heterocycles. The van der Waals surface area contributed by atoms with Crippen LogP contribution in [0.4, 0.5) is 0 Å². The van der Waals surface area contributed by atoms with E-state index < -0.39 is 0 Å². The standard InChI is InChI=1S/C18H19N3O3/c22-15-10-14(12-4-2-1-3-5-12)21(9-8-19-15)18(23)16-17(13-6-7-13)24-11-20-16/h1-5,11,13-14H,6-10H2,(H,19,22). The van der Waals surface area contributed by atoms with Crippen molar-refractivity contribution in [3.8, 4) is 0 Å². The number of carbonyl (C=O) groups excluding carboxylic acids is 2. The average molecular weight is 325 g/mol. The van der Waals surface area contributed by atoms with Crippen molar-refractivity contribution >= 4 is 11.8 Å². The maximum Gasteiger partial charge on any atom is 0.276 e. The first-order valence-electron chi connectivity index (χ1n) is 8.30. The van der Waals surface area contributed by atoms with Crippen molar-refractivity contribution in [1.29, 1.82) is 0 Å². The molecule has 6 heteroatoms. The molecule has 1 aromatic carbocycles. The van der Waals surface area contributed by atoms with Crippen LogP contribution in [0.25, 0.3) is 0 Å². The Morgan fingerprint density at radius 3 is 2.79 bits per heavy atom. The fourth-order valence-electron chi connectivity index (χ4n) is 3.23. The van der Waals surface area contributed by atoms with Crippen LogP contribution >= 0.6 is 0 Å². The topological polar surface area (TPSA) is 75.4 Å². The van der Waals surface area contributed by atoms with Gasteiger partial charge in [0, 0.05) is 19.0 Å². The molecule has 2 amide bonds. The minimum absolute atomic E-state index is 0.0401. The van der Waals surface area contributed by atoms with Crippen LogP contribution in [-0.4, -0.2) is 34.8 Å². The molecule has 1 unspecified atom stereocenters. The van der Waals surface area contributed by atoms with Crippen LogP contribution in [0.5, 0.6) is 0 Å². The van der Waals surface area contributed by atoms with Gasteiger partial charge in [0.2, 0.25) is 5.91 Å². The lowest BCUT2D eigenvalue weighted by Crippen LogP contribution is -2.37. The van der Waals surface area contributed by atoms with Gasteiger partial charge in [0.1, 0.15) is 5.76 Å². The van der Waals surface area contributed by atoms with Crippen molar-refractivity contribution in [3.63, 3.8) is 0 Å². The first-order valence-corrected chi connectivity index (χ1v) is 8.30. The molecule has 1 saturated heterocycles. The lowest BCUT2D eigenvalue weighted by molar-refractivity contribution is -0.121. The SMILES string of the molecule is O=C1CC(c2ccccc2)N(C(=O)c2ncoc2C2CC2)CCN1. The molecule has 2 fully saturated rings. The third kappa shape index (κ3) is 2.79. The number of hydrogen-bond acceptors (Lipinski definition) is 4. The summed E-state index contributed by atoms with van der Waals surface area (Å²) in [7, 11) is 0. The largest absolute Gasteiger partial charge is 0.447 e. The Morgan fingerprint density at radius 2 is 2.04 bits per heavy atom. The van der Waals surface area contributed by atoms with Gasteiger partial charge in [0.25, 0.3) is 5.91 Å². The summed E-state index contributed by atoms with van der Waals surface area (Å²) >= 11 is 0. The van der Waals surface area contributed by atoms with Gasteiger partial charge in [0.05, 0.1) is 12.5 Å². The number of amides is 2. The maximum atomic E-state index is 13.1. The lowest BCUT2D eigenvalue weighted by atomic mass is 10.0. The predicted octanol–water partition coefficient (Wildman–Crippen LogP) is 2.26. The van der Waals surface area contributed by atoms with Gasteiger partial charge in [-0.3, -0.25) is 9.59 Å². The number of oxazole rings is 1. The average Bonchev–Trinajstić information content (AvgIpc) is 3.37. The van der Waals surface area contributed by atoms with Crippen LogP contribution < -0.4 is 5.32 Å². The molecule has 4 rings (SSSR count). The Balaban J connectivity index is 1.68. The van der Waals surface area contributed by atoms with Gasteiger partial charge in [-0.2, -0.15) is 0 Å². The highest BCUT2D eigenvalue weighted by Crippen LogP contribution is 2.42. The van der Waals surface area contributed by atoms with Gasteiger partial charge in [-0.25, -0.2) is 4.98 Å². The van der Waals surface area contributed by atoms with E-state index in [1.165, 1.54) is 6.39 Å². The van der Waals surface area contributed by atoms with E-state index in [0.717, 1.165) is 18.4 Å². The fourth-order valence-corrected chi connectivity index (χ4v) is 3.23. The zero-order valence-electron chi connectivity index (χ0n) is 13.3. The van der Waals surface area contributed by atoms with Gasteiger partial charge in [-0.05, 0) is 18.4 Å². The van der Waals surface area contributed by atoms with E-state index in [1.807, 2.05) is 30.3 Å². The number of hydrogen-bond donors (Lipinski definition) is 1. The molecule has 0 radical (unpaired) electrons. The summed E-state index contributed by atoms with van der Waals surface area (Å²) in [5.74, 6) is 0.807. The summed E-state index contributed by atoms with van der Waals surface area (Å²) in [4.78, 5) is 31.1. The lowest BCUT2D eigenvalue weighted by Gasteiger charge is -2.29. The number of rotatable bonds is 3. The molecular weight excluding hydrogens is 306 g/mol. The van der Waals surface area contributed by atoms with Crippen LogP contribution in [0.3, 0.4) is 0 Å². The number of benzene rings is 1. The van der Waals surface area contributed by atoms with E-state index in [2.05, 4.69) is 10.3 Å². The summed E-state index contributed by atoms with van der Waals surface area (Å²) in [5.41, 5.74) is 1.35. The molecule has 2 aliphatic rings. The second kappa shape index (κ2) is 6.11. The summed E-state index contributed by atoms with van der Waals surface area (Å²) in [6, 6.07) is 9.39. The van der Waals surface area contributed by atoms with E-state index in [0.29, 0.717) is 30.5 Å². The molecular formula is C18H19N3O3. The second-order valence-corrected chi connectivity index (χ2v) is 6.32. The number of aromatic nitrogens is 1. The normalized spacial score (nSPS) is 21.2. The van der Waals surface area contributed by atoms with E-state index in [4.69, 9.17) is 4.42 Å². The molecule has 1 saturated carbocycles. The smallest absolute Gasteiger partial charge is 0.276 e. The molecule has 2 aromatic rings. The van der Waals surface area contributed by atoms with Crippen LogP contribution in [0.2, 0.25) is 0 Å². The minimum atomic E-state index is -0.287. The minimum Gasteiger partial charge on any atom is -0.447 e. The van der Waals surface area contributed by atoms with Gasteiger partial charge in [0.15, 0.2) is 12.1 Å². The monoisotopic (exact) mass is 325 g/mol. The molecule has 1 aromatic heterocycles. The Bertz CT molecular complexity index is 752. The highest BCUT2D eigenvalue weighted by Gasteiger charge is 2.37. The molecule has 24 heavy (non-hydrogen) atoms. The maximum absolute atomic E-state index is 13.1. The quantitative estimate of drug-likeness (QED) is 0.939. The van der Waals surface area contributed by atoms with Gasteiger partial charge in [-0.1, -0.05) is 30.3 Å². The van der Waals surface area contributed by atoms with E-state index in [1.54, 1.807) is 4.90 Å². The molecule has 0 bridgehead atoms. The van der Waals surface area contributed by atoms with Crippen molar-refractivity contribution in [2.45, 2.75) is 31.2 Å². The van der Waals surface area contributed by atoms with E-state index in [9.17, 15) is 9.59 Å². The number of nitrogens with zero attached hydrogens (tertiary/aromatic N) is 2. The van der Waals surface area contributed by atoms with Crippen LogP contribution in [0.15, 0.2) is 41.1 Å². The predicted molar refractivity (Wildman–Crippen MR) is 86.3 cm³/mol. The van der Waals surface area contributed by atoms with Crippen molar-refractivity contribution in [2.24, 2.45) is 0 Å². The van der Waals surface area contributed by atoms with Crippen LogP contribution in [0, 0.1) is 0 Å². The third-order valence-corrected chi connectivity index (χ3v) is 4.62. The van der Waals surface area contributed by atoms with Crippen molar-refractivity contribution in [3.05, 3.63) is 53.7 Å². The molecule has 124 valence electrons. The first-order chi connectivity index (χ1) is 11.7. The highest BCUT2D eigenvalue weighted by atomic mass is 16.3. The first kappa shape index (κ1) is 14.9. The zero-order chi connectivity index (χ0) is 16.5. The van der Waals surface area contributed by atoms with Gasteiger partial charge < -0.3 is 14.6 Å². The van der Waals surface area contributed by atoms with E-state index in [-0.39, 0.29) is 24.3 Å². The Morgan fingerprint density at radius 1 is 1.25 bits per heavy atom. The summed E-state index contributed by atoms with van der Waals surface area (Å²) < 4.78 is 5.45. The van der Waals surface area contributed by atoms with E-state index >= 15 is 0 Å². The summed E-state index contributed by atoms with van der Waals surface area (Å²) in [5, 5.41) is 2.85. The Labute approximate surface area is 139 Å². The van der Waals surface area contributed by atoms with Crippen LogP contribution in [-0.2, 0) is 4.79 Å².